The second kappa shape index (κ2) is 10.1. The molecule has 4 rings (SSSR count). The van der Waals surface area contributed by atoms with E-state index in [-0.39, 0.29) is 34.6 Å². The Balaban J connectivity index is 1.86. The zero-order valence-corrected chi connectivity index (χ0v) is 21.8. The van der Waals surface area contributed by atoms with Gasteiger partial charge in [0.05, 0.1) is 33.4 Å². The van der Waals surface area contributed by atoms with Gasteiger partial charge in [0.25, 0.3) is 5.56 Å². The lowest BCUT2D eigenvalue weighted by Gasteiger charge is -2.18. The summed E-state index contributed by atoms with van der Waals surface area (Å²) in [5.41, 5.74) is -2.10. The van der Waals surface area contributed by atoms with E-state index in [1.165, 1.54) is 52.0 Å². The Bertz CT molecular complexity index is 1500. The average molecular weight is 554 g/mol. The Hall–Kier alpha value is -3.38. The molecule has 0 spiro atoms. The standard InChI is InChI=1S/C26H25F6N3O2Si/c1-38(2,3)14-13-37-16-34-22-15-17(23-21(26(30,31)32)5-4-12-33-23)6-11-20(22)24(36)35(34)19-9-7-18(8-10-19)25(27,28)29/h4-12,15H,13-14,16H2,1-3H3. The first-order valence-corrected chi connectivity index (χ1v) is 15.4. The summed E-state index contributed by atoms with van der Waals surface area (Å²) in [6, 6.07) is 11.2. The number of hydrogen-bond donors (Lipinski definition) is 0. The van der Waals surface area contributed by atoms with Crippen molar-refractivity contribution in [1.82, 2.24) is 14.3 Å². The van der Waals surface area contributed by atoms with Gasteiger partial charge < -0.3 is 4.74 Å². The van der Waals surface area contributed by atoms with E-state index < -0.39 is 37.1 Å². The minimum absolute atomic E-state index is 0.130. The SMILES string of the molecule is C[Si](C)(C)CCOCn1c2cc(-c3ncccc3C(F)(F)F)ccc2c(=O)n1-c1ccc(C(F)(F)F)cc1. The lowest BCUT2D eigenvalue weighted by molar-refractivity contribution is -0.138. The van der Waals surface area contributed by atoms with Gasteiger partial charge in [-0.15, -0.1) is 0 Å². The molecular formula is C26H25F6N3O2Si. The molecule has 0 radical (unpaired) electrons. The van der Waals surface area contributed by atoms with Crippen molar-refractivity contribution in [3.63, 3.8) is 0 Å². The Kier molecular flexibility index (Phi) is 7.32. The number of aromatic nitrogens is 3. The summed E-state index contributed by atoms with van der Waals surface area (Å²) < 4.78 is 88.6. The van der Waals surface area contributed by atoms with Crippen molar-refractivity contribution in [1.29, 1.82) is 0 Å². The number of hydrogen-bond acceptors (Lipinski definition) is 3. The number of alkyl halides is 6. The summed E-state index contributed by atoms with van der Waals surface area (Å²) in [6.45, 7) is 6.74. The molecule has 0 aliphatic carbocycles. The van der Waals surface area contributed by atoms with Crippen LogP contribution in [0.4, 0.5) is 26.3 Å². The molecule has 12 heteroatoms. The van der Waals surface area contributed by atoms with E-state index in [9.17, 15) is 31.1 Å². The molecule has 0 bridgehead atoms. The van der Waals surface area contributed by atoms with Crippen LogP contribution in [0.5, 0.6) is 0 Å². The van der Waals surface area contributed by atoms with Crippen LogP contribution < -0.4 is 5.56 Å². The highest BCUT2D eigenvalue weighted by atomic mass is 28.3. The molecule has 2 aromatic carbocycles. The van der Waals surface area contributed by atoms with Crippen LogP contribution in [0.2, 0.25) is 25.7 Å². The molecule has 0 aliphatic rings. The third-order valence-corrected chi connectivity index (χ3v) is 7.68. The van der Waals surface area contributed by atoms with Crippen LogP contribution in [0, 0.1) is 0 Å². The van der Waals surface area contributed by atoms with Gasteiger partial charge in [-0.2, -0.15) is 26.3 Å². The van der Waals surface area contributed by atoms with Gasteiger partial charge in [-0.3, -0.25) is 14.5 Å². The van der Waals surface area contributed by atoms with Crippen molar-refractivity contribution in [3.8, 4) is 16.9 Å². The molecule has 0 unspecified atom stereocenters. The molecule has 0 atom stereocenters. The molecule has 0 N–H and O–H groups in total. The van der Waals surface area contributed by atoms with Crippen LogP contribution in [0.3, 0.4) is 0 Å². The first-order valence-electron chi connectivity index (χ1n) is 11.7. The highest BCUT2D eigenvalue weighted by Crippen LogP contribution is 2.36. The third kappa shape index (κ3) is 5.86. The lowest BCUT2D eigenvalue weighted by atomic mass is 10.0. The number of fused-ring (bicyclic) bond motifs is 1. The average Bonchev–Trinajstić information content (AvgIpc) is 3.11. The molecule has 2 aromatic heterocycles. The van der Waals surface area contributed by atoms with Crippen LogP contribution in [-0.2, 0) is 23.8 Å². The number of benzene rings is 2. The maximum Gasteiger partial charge on any atom is 0.418 e. The summed E-state index contributed by atoms with van der Waals surface area (Å²) in [7, 11) is -1.45. The fraction of sp³-hybridized carbons (Fsp3) is 0.308. The highest BCUT2D eigenvalue weighted by molar-refractivity contribution is 6.76. The van der Waals surface area contributed by atoms with Crippen molar-refractivity contribution in [2.45, 2.75) is 44.8 Å². The lowest BCUT2D eigenvalue weighted by Crippen LogP contribution is -2.24. The molecule has 0 saturated heterocycles. The maximum absolute atomic E-state index is 13.6. The third-order valence-electron chi connectivity index (χ3n) is 5.98. The van der Waals surface area contributed by atoms with Crippen molar-refractivity contribution in [2.24, 2.45) is 0 Å². The topological polar surface area (TPSA) is 49.1 Å². The van der Waals surface area contributed by atoms with Crippen LogP contribution in [0.25, 0.3) is 27.8 Å². The fourth-order valence-electron chi connectivity index (χ4n) is 3.97. The zero-order valence-electron chi connectivity index (χ0n) is 20.8. The predicted molar refractivity (Wildman–Crippen MR) is 135 cm³/mol. The molecule has 202 valence electrons. The van der Waals surface area contributed by atoms with E-state index >= 15 is 0 Å². The fourth-order valence-corrected chi connectivity index (χ4v) is 4.73. The monoisotopic (exact) mass is 553 g/mol. The second-order valence-electron chi connectivity index (χ2n) is 10.0. The van der Waals surface area contributed by atoms with E-state index in [1.54, 1.807) is 0 Å². The smallest absolute Gasteiger partial charge is 0.360 e. The summed E-state index contributed by atoms with van der Waals surface area (Å²) in [6.07, 6.45) is -7.96. The molecule has 0 aliphatic heterocycles. The van der Waals surface area contributed by atoms with Crippen LogP contribution in [0.1, 0.15) is 11.1 Å². The molecule has 38 heavy (non-hydrogen) atoms. The van der Waals surface area contributed by atoms with Gasteiger partial charge in [-0.25, -0.2) is 4.68 Å². The second-order valence-corrected chi connectivity index (χ2v) is 15.7. The van der Waals surface area contributed by atoms with Gasteiger partial charge in [-0.1, -0.05) is 25.7 Å². The van der Waals surface area contributed by atoms with Crippen molar-refractivity contribution in [2.75, 3.05) is 6.61 Å². The maximum atomic E-state index is 13.6. The summed E-state index contributed by atoms with van der Waals surface area (Å²) in [5.74, 6) is 0. The van der Waals surface area contributed by atoms with Crippen molar-refractivity contribution < 1.29 is 31.1 Å². The van der Waals surface area contributed by atoms with E-state index in [2.05, 4.69) is 24.6 Å². The molecule has 0 fully saturated rings. The quantitative estimate of drug-likeness (QED) is 0.138. The molecule has 4 aromatic rings. The summed E-state index contributed by atoms with van der Waals surface area (Å²) >= 11 is 0. The van der Waals surface area contributed by atoms with Gasteiger partial charge >= 0.3 is 12.4 Å². The summed E-state index contributed by atoms with van der Waals surface area (Å²) in [5, 5.41) is 0.173. The van der Waals surface area contributed by atoms with Crippen LogP contribution in [0.15, 0.2) is 65.6 Å². The number of pyridine rings is 1. The Morgan fingerprint density at radius 1 is 0.921 bits per heavy atom. The van der Waals surface area contributed by atoms with Gasteiger partial charge in [0, 0.05) is 26.4 Å². The van der Waals surface area contributed by atoms with E-state index in [0.29, 0.717) is 6.61 Å². The molecule has 2 heterocycles. The molecule has 5 nitrogen and oxygen atoms in total. The number of nitrogens with zero attached hydrogens (tertiary/aromatic N) is 3. The highest BCUT2D eigenvalue weighted by Gasteiger charge is 2.34. The largest absolute Gasteiger partial charge is 0.418 e. The first kappa shape index (κ1) is 27.6. The van der Waals surface area contributed by atoms with Gasteiger partial charge in [-0.05, 0) is 54.6 Å². The van der Waals surface area contributed by atoms with Crippen molar-refractivity contribution in [3.05, 3.63) is 82.3 Å². The first-order chi connectivity index (χ1) is 17.7. The van der Waals surface area contributed by atoms with Crippen molar-refractivity contribution >= 4 is 19.0 Å². The minimum Gasteiger partial charge on any atom is -0.360 e. The number of halogens is 6. The zero-order chi connectivity index (χ0) is 27.9. The predicted octanol–water partition coefficient (Wildman–Crippen LogP) is 7.20. The molecule has 0 amide bonds. The summed E-state index contributed by atoms with van der Waals surface area (Å²) in [4.78, 5) is 17.3. The Morgan fingerprint density at radius 2 is 1.61 bits per heavy atom. The van der Waals surface area contributed by atoms with Gasteiger partial charge in [0.1, 0.15) is 6.73 Å². The Morgan fingerprint density at radius 3 is 2.21 bits per heavy atom. The van der Waals surface area contributed by atoms with Crippen LogP contribution >= 0.6 is 0 Å². The van der Waals surface area contributed by atoms with Gasteiger partial charge in [0.15, 0.2) is 0 Å². The van der Waals surface area contributed by atoms with E-state index in [0.717, 1.165) is 24.2 Å². The number of ether oxygens (including phenoxy) is 1. The molecular weight excluding hydrogens is 528 g/mol. The minimum atomic E-state index is -4.65. The van der Waals surface area contributed by atoms with E-state index in [4.69, 9.17) is 4.74 Å². The molecule has 0 saturated carbocycles. The number of rotatable bonds is 7. The normalized spacial score (nSPS) is 12.9. The van der Waals surface area contributed by atoms with Gasteiger partial charge in [0.2, 0.25) is 0 Å². The Labute approximate surface area is 215 Å². The van der Waals surface area contributed by atoms with Crippen LogP contribution in [-0.4, -0.2) is 29.0 Å². The van der Waals surface area contributed by atoms with E-state index in [1.807, 2.05) is 0 Å².